The fourth-order valence-electron chi connectivity index (χ4n) is 4.52. The van der Waals surface area contributed by atoms with E-state index in [9.17, 15) is 14.4 Å². The van der Waals surface area contributed by atoms with Gasteiger partial charge in [-0.1, -0.05) is 54.5 Å². The van der Waals surface area contributed by atoms with Gasteiger partial charge in [0.1, 0.15) is 19.2 Å². The lowest BCUT2D eigenvalue weighted by atomic mass is 9.98. The van der Waals surface area contributed by atoms with Gasteiger partial charge in [-0.25, -0.2) is 4.79 Å². The first-order valence-corrected chi connectivity index (χ1v) is 11.2. The maximum atomic E-state index is 15.2. The van der Waals surface area contributed by atoms with Gasteiger partial charge in [0.25, 0.3) is 5.91 Å². The Hall–Kier alpha value is -3.93. The van der Waals surface area contributed by atoms with Crippen molar-refractivity contribution in [2.75, 3.05) is 19.7 Å². The molecule has 4 rings (SSSR count). The van der Waals surface area contributed by atoms with Crippen LogP contribution in [0.25, 0.3) is 11.1 Å². The normalized spacial score (nSPS) is 15.3. The molecule has 2 aliphatic rings. The van der Waals surface area contributed by atoms with Crippen molar-refractivity contribution in [2.24, 2.45) is 5.92 Å². The summed E-state index contributed by atoms with van der Waals surface area (Å²) in [7, 11) is 0. The van der Waals surface area contributed by atoms with Crippen molar-refractivity contribution in [1.82, 2.24) is 10.2 Å². The summed E-state index contributed by atoms with van der Waals surface area (Å²) in [6.07, 6.45) is 4.83. The van der Waals surface area contributed by atoms with Gasteiger partial charge in [-0.15, -0.1) is 6.42 Å². The number of rotatable bonds is 9. The molecule has 1 atom stereocenters. The van der Waals surface area contributed by atoms with Crippen LogP contribution >= 0.6 is 0 Å². The van der Waals surface area contributed by atoms with E-state index in [1.165, 1.54) is 0 Å². The molecular weight excluding hydrogens is 458 g/mol. The molecule has 2 aromatic carbocycles. The summed E-state index contributed by atoms with van der Waals surface area (Å²) in [5.74, 6) is -6.14. The summed E-state index contributed by atoms with van der Waals surface area (Å²) in [6, 6.07) is 13.6. The van der Waals surface area contributed by atoms with Crippen LogP contribution in [0.5, 0.6) is 0 Å². The molecule has 35 heavy (non-hydrogen) atoms. The molecule has 0 aliphatic heterocycles. The second-order valence-corrected chi connectivity index (χ2v) is 8.67. The molecule has 0 bridgehead atoms. The number of hydrogen-bond donors (Lipinski definition) is 2. The van der Waals surface area contributed by atoms with Gasteiger partial charge in [-0.05, 0) is 41.0 Å². The molecule has 2 N–H and O–H groups in total. The topological polar surface area (TPSA) is 95.9 Å². The van der Waals surface area contributed by atoms with Crippen LogP contribution in [0.2, 0.25) is 0 Å². The number of alkyl carbamates (subject to hydrolysis) is 1. The Balaban J connectivity index is 1.46. The zero-order chi connectivity index (χ0) is 25.2. The van der Waals surface area contributed by atoms with E-state index in [1.54, 1.807) is 0 Å². The summed E-state index contributed by atoms with van der Waals surface area (Å²) < 4.78 is 35.7. The number of aliphatic carboxylic acids is 1. The van der Waals surface area contributed by atoms with Crippen molar-refractivity contribution in [3.8, 4) is 23.5 Å². The number of nitrogens with zero attached hydrogens (tertiary/aromatic N) is 1. The van der Waals surface area contributed by atoms with E-state index >= 15 is 8.78 Å². The number of carbonyl (C=O) groups is 3. The fourth-order valence-corrected chi connectivity index (χ4v) is 4.52. The molecule has 0 heterocycles. The number of carboxylic acids is 1. The monoisotopic (exact) mass is 482 g/mol. The molecule has 9 heteroatoms. The highest BCUT2D eigenvalue weighted by Crippen LogP contribution is 2.45. The van der Waals surface area contributed by atoms with Crippen LogP contribution in [-0.2, 0) is 14.3 Å². The maximum Gasteiger partial charge on any atom is 0.407 e. The third-order valence-corrected chi connectivity index (χ3v) is 6.28. The summed E-state index contributed by atoms with van der Waals surface area (Å²) in [4.78, 5) is 36.5. The highest BCUT2D eigenvalue weighted by molar-refractivity contribution is 5.88. The van der Waals surface area contributed by atoms with Crippen molar-refractivity contribution >= 4 is 18.0 Å². The van der Waals surface area contributed by atoms with Crippen LogP contribution in [-0.4, -0.2) is 59.6 Å². The Bertz CT molecular complexity index is 1140. The average molecular weight is 482 g/mol. The number of hydrogen-bond acceptors (Lipinski definition) is 4. The SMILES string of the molecule is C#CCN(CC(=O)O)C(=O)C(F)(F)C(NC(=O)OCC1c2ccccc2-c2ccccc21)C1CC1. The molecule has 2 amide bonds. The number of ether oxygens (including phenoxy) is 1. The summed E-state index contributed by atoms with van der Waals surface area (Å²) in [5.41, 5.74) is 3.99. The Labute approximate surface area is 201 Å². The number of alkyl halides is 2. The number of benzene rings is 2. The second kappa shape index (κ2) is 9.74. The minimum Gasteiger partial charge on any atom is -0.480 e. The first-order chi connectivity index (χ1) is 16.7. The lowest BCUT2D eigenvalue weighted by molar-refractivity contribution is -0.165. The van der Waals surface area contributed by atoms with Crippen LogP contribution in [0.3, 0.4) is 0 Å². The van der Waals surface area contributed by atoms with E-state index in [0.29, 0.717) is 17.7 Å². The molecule has 0 aromatic heterocycles. The van der Waals surface area contributed by atoms with Crippen molar-refractivity contribution in [3.05, 3.63) is 59.7 Å². The highest BCUT2D eigenvalue weighted by Gasteiger charge is 2.56. The second-order valence-electron chi connectivity index (χ2n) is 8.67. The highest BCUT2D eigenvalue weighted by atomic mass is 19.3. The molecule has 2 aliphatic carbocycles. The van der Waals surface area contributed by atoms with Crippen molar-refractivity contribution in [3.63, 3.8) is 0 Å². The smallest absolute Gasteiger partial charge is 0.407 e. The van der Waals surface area contributed by atoms with Gasteiger partial charge in [0.2, 0.25) is 0 Å². The van der Waals surface area contributed by atoms with E-state index < -0.39 is 48.9 Å². The summed E-state index contributed by atoms with van der Waals surface area (Å²) in [6.45, 7) is -1.64. The first-order valence-electron chi connectivity index (χ1n) is 11.2. The Morgan fingerprint density at radius 1 is 1.11 bits per heavy atom. The number of terminal acetylenes is 1. The van der Waals surface area contributed by atoms with Gasteiger partial charge in [-0.3, -0.25) is 9.59 Å². The summed E-state index contributed by atoms with van der Waals surface area (Å²) in [5, 5.41) is 11.1. The van der Waals surface area contributed by atoms with E-state index in [4.69, 9.17) is 16.3 Å². The number of carboxylic acid groups (broad SMARTS) is 1. The number of carbonyl (C=O) groups excluding carboxylic acids is 2. The number of amides is 2. The number of halogens is 2. The van der Waals surface area contributed by atoms with Gasteiger partial charge in [0.05, 0.1) is 6.54 Å². The summed E-state index contributed by atoms with van der Waals surface area (Å²) >= 11 is 0. The third kappa shape index (κ3) is 4.97. The minimum absolute atomic E-state index is 0.0704. The first kappa shape index (κ1) is 24.2. The van der Waals surface area contributed by atoms with E-state index in [2.05, 4.69) is 5.32 Å². The molecule has 1 fully saturated rings. The van der Waals surface area contributed by atoms with E-state index in [1.807, 2.05) is 54.5 Å². The van der Waals surface area contributed by atoms with Crippen LogP contribution in [0, 0.1) is 18.3 Å². The minimum atomic E-state index is -4.06. The molecular formula is C26H24F2N2O5. The van der Waals surface area contributed by atoms with Crippen LogP contribution in [0.1, 0.15) is 29.9 Å². The Morgan fingerprint density at radius 2 is 1.69 bits per heavy atom. The zero-order valence-corrected chi connectivity index (χ0v) is 18.7. The van der Waals surface area contributed by atoms with Crippen molar-refractivity contribution in [1.29, 1.82) is 0 Å². The molecule has 7 nitrogen and oxygen atoms in total. The van der Waals surface area contributed by atoms with Crippen LogP contribution in [0.15, 0.2) is 48.5 Å². The van der Waals surface area contributed by atoms with Crippen LogP contribution < -0.4 is 5.32 Å². The molecule has 2 aromatic rings. The van der Waals surface area contributed by atoms with Crippen LogP contribution in [0.4, 0.5) is 13.6 Å². The predicted octanol–water partition coefficient (Wildman–Crippen LogP) is 3.49. The maximum absolute atomic E-state index is 15.2. The van der Waals surface area contributed by atoms with Crippen molar-refractivity contribution < 1.29 is 33.0 Å². The standard InChI is InChI=1S/C26H24F2N2O5/c1-2-13-30(14-22(31)32)24(33)26(27,28)23(16-11-12-16)29-25(34)35-15-21-19-9-5-3-7-17(19)18-8-4-6-10-20(18)21/h1,3-10,16,21,23H,11-15H2,(H,29,34)(H,31,32). The largest absolute Gasteiger partial charge is 0.480 e. The van der Waals surface area contributed by atoms with E-state index in [-0.39, 0.29) is 12.5 Å². The predicted molar refractivity (Wildman–Crippen MR) is 123 cm³/mol. The average Bonchev–Trinajstić information content (AvgIpc) is 3.62. The zero-order valence-electron chi connectivity index (χ0n) is 18.7. The third-order valence-electron chi connectivity index (χ3n) is 6.28. The molecule has 182 valence electrons. The lowest BCUT2D eigenvalue weighted by Crippen LogP contribution is -2.58. The molecule has 0 spiro atoms. The lowest BCUT2D eigenvalue weighted by Gasteiger charge is -2.30. The van der Waals surface area contributed by atoms with Gasteiger partial charge in [-0.2, -0.15) is 8.78 Å². The Kier molecular flexibility index (Phi) is 6.74. The number of fused-ring (bicyclic) bond motifs is 3. The molecule has 1 saturated carbocycles. The van der Waals surface area contributed by atoms with Gasteiger partial charge < -0.3 is 20.1 Å². The Morgan fingerprint density at radius 3 is 2.20 bits per heavy atom. The van der Waals surface area contributed by atoms with Crippen molar-refractivity contribution in [2.45, 2.75) is 30.7 Å². The van der Waals surface area contributed by atoms with Gasteiger partial charge >= 0.3 is 18.0 Å². The molecule has 0 radical (unpaired) electrons. The van der Waals surface area contributed by atoms with E-state index in [0.717, 1.165) is 22.3 Å². The van der Waals surface area contributed by atoms with Gasteiger partial charge in [0.15, 0.2) is 0 Å². The quantitative estimate of drug-likeness (QED) is 0.534. The molecule has 1 unspecified atom stereocenters. The molecule has 0 saturated heterocycles. The number of nitrogens with one attached hydrogen (secondary N) is 1. The fraction of sp³-hybridized carbons (Fsp3) is 0.346. The van der Waals surface area contributed by atoms with Gasteiger partial charge in [0, 0.05) is 5.92 Å².